The zero-order valence-corrected chi connectivity index (χ0v) is 15.4. The Labute approximate surface area is 159 Å². The molecule has 2 aromatic carbocycles. The number of esters is 1. The molecule has 0 amide bonds. The number of ether oxygens (including phenoxy) is 1. The number of thioether (sulfide) groups is 1. The molecule has 0 saturated carbocycles. The molecule has 0 atom stereocenters. The Bertz CT molecular complexity index is 1070. The van der Waals surface area contributed by atoms with E-state index in [2.05, 4.69) is 10.2 Å². The zero-order chi connectivity index (χ0) is 18.6. The normalized spacial score (nSPS) is 11.0. The molecule has 0 N–H and O–H groups in total. The van der Waals surface area contributed by atoms with Crippen LogP contribution < -0.4 is 0 Å². The Kier molecular flexibility index (Phi) is 4.93. The molecule has 0 aliphatic rings. The number of hydrogen-bond donors (Lipinski definition) is 0. The van der Waals surface area contributed by atoms with E-state index in [4.69, 9.17) is 13.6 Å². The summed E-state index contributed by atoms with van der Waals surface area (Å²) in [5, 5.41) is 8.83. The maximum atomic E-state index is 12.5. The van der Waals surface area contributed by atoms with Crippen molar-refractivity contribution in [3.8, 4) is 11.5 Å². The van der Waals surface area contributed by atoms with Crippen molar-refractivity contribution in [2.45, 2.75) is 12.4 Å². The van der Waals surface area contributed by atoms with Gasteiger partial charge in [0.05, 0.1) is 0 Å². The van der Waals surface area contributed by atoms with Gasteiger partial charge < -0.3 is 13.6 Å². The molecule has 4 aromatic rings. The lowest BCUT2D eigenvalue weighted by molar-refractivity contribution is 0.0403. The van der Waals surface area contributed by atoms with Crippen molar-refractivity contribution in [3.63, 3.8) is 0 Å². The van der Waals surface area contributed by atoms with Gasteiger partial charge in [0, 0.05) is 22.3 Å². The van der Waals surface area contributed by atoms with Crippen molar-refractivity contribution >= 4 is 28.7 Å². The van der Waals surface area contributed by atoms with Gasteiger partial charge in [-0.1, -0.05) is 36.4 Å². The average molecular weight is 380 g/mol. The second-order valence-electron chi connectivity index (χ2n) is 5.78. The summed E-state index contributed by atoms with van der Waals surface area (Å²) < 4.78 is 16.6. The van der Waals surface area contributed by atoms with E-state index in [-0.39, 0.29) is 18.3 Å². The van der Waals surface area contributed by atoms with Gasteiger partial charge in [-0.3, -0.25) is 0 Å². The van der Waals surface area contributed by atoms with Crippen LogP contribution in [0.3, 0.4) is 0 Å². The molecule has 0 saturated heterocycles. The Hall–Kier alpha value is -3.06. The minimum atomic E-state index is -0.547. The molecule has 0 aliphatic carbocycles. The molecule has 7 heteroatoms. The van der Waals surface area contributed by atoms with E-state index in [1.54, 1.807) is 11.8 Å². The van der Waals surface area contributed by atoms with Gasteiger partial charge in [0.15, 0.2) is 6.61 Å². The number of para-hydroxylation sites is 1. The number of fused-ring (bicyclic) bond motifs is 1. The number of benzene rings is 2. The summed E-state index contributed by atoms with van der Waals surface area (Å²) in [5.74, 6) is 0.932. The largest absolute Gasteiger partial charge is 0.450 e. The van der Waals surface area contributed by atoms with Gasteiger partial charge in [-0.15, -0.1) is 10.2 Å². The Morgan fingerprint density at radius 3 is 2.63 bits per heavy atom. The molecule has 4 rings (SSSR count). The van der Waals surface area contributed by atoms with Crippen molar-refractivity contribution in [3.05, 3.63) is 71.8 Å². The lowest BCUT2D eigenvalue weighted by atomic mass is 10.1. The molecule has 0 bridgehead atoms. The van der Waals surface area contributed by atoms with Gasteiger partial charge in [-0.2, -0.15) is 11.8 Å². The van der Waals surface area contributed by atoms with Crippen LogP contribution in [0.4, 0.5) is 0 Å². The predicted octanol–water partition coefficient (Wildman–Crippen LogP) is 4.70. The predicted molar refractivity (Wildman–Crippen MR) is 102 cm³/mol. The van der Waals surface area contributed by atoms with Crippen LogP contribution in [-0.2, 0) is 17.1 Å². The Morgan fingerprint density at radius 1 is 1.04 bits per heavy atom. The molecule has 2 aromatic heterocycles. The fourth-order valence-electron chi connectivity index (χ4n) is 2.75. The fraction of sp³-hybridized carbons (Fsp3) is 0.150. The minimum absolute atomic E-state index is 0.117. The average Bonchev–Trinajstić information content (AvgIpc) is 3.33. The van der Waals surface area contributed by atoms with Crippen LogP contribution in [0.2, 0.25) is 0 Å². The molecule has 0 unspecified atom stereocenters. The Morgan fingerprint density at radius 2 is 1.81 bits per heavy atom. The Balaban J connectivity index is 1.51. The first-order valence-electron chi connectivity index (χ1n) is 8.30. The highest BCUT2D eigenvalue weighted by Crippen LogP contribution is 2.29. The van der Waals surface area contributed by atoms with Crippen molar-refractivity contribution < 1.29 is 18.4 Å². The van der Waals surface area contributed by atoms with Crippen LogP contribution in [0.25, 0.3) is 22.4 Å². The third-order valence-electron chi connectivity index (χ3n) is 3.99. The number of furan rings is 1. The summed E-state index contributed by atoms with van der Waals surface area (Å²) in [4.78, 5) is 12.5. The van der Waals surface area contributed by atoms with Gasteiger partial charge in [0.25, 0.3) is 5.89 Å². The first-order chi connectivity index (χ1) is 13.3. The first kappa shape index (κ1) is 17.4. The van der Waals surface area contributed by atoms with E-state index >= 15 is 0 Å². The van der Waals surface area contributed by atoms with Crippen LogP contribution >= 0.6 is 11.8 Å². The molecule has 136 valence electrons. The lowest BCUT2D eigenvalue weighted by Crippen LogP contribution is -2.06. The van der Waals surface area contributed by atoms with Crippen LogP contribution in [0.15, 0.2) is 63.4 Å². The SMILES string of the molecule is CSCc1c(C(=O)OCc2nnc(-c3ccccc3)o2)oc2ccccc12. The molecular formula is C20H16N2O4S. The maximum absolute atomic E-state index is 12.5. The number of carbonyl (C=O) groups excluding carboxylic acids is 1. The molecule has 0 aliphatic heterocycles. The second-order valence-corrected chi connectivity index (χ2v) is 6.65. The van der Waals surface area contributed by atoms with Crippen molar-refractivity contribution in [1.29, 1.82) is 0 Å². The van der Waals surface area contributed by atoms with Gasteiger partial charge in [-0.05, 0) is 24.5 Å². The maximum Gasteiger partial charge on any atom is 0.375 e. The third-order valence-corrected chi connectivity index (χ3v) is 4.56. The fourth-order valence-corrected chi connectivity index (χ4v) is 3.33. The summed E-state index contributed by atoms with van der Waals surface area (Å²) in [6.07, 6.45) is 1.97. The van der Waals surface area contributed by atoms with E-state index in [0.29, 0.717) is 17.2 Å². The summed E-state index contributed by atoms with van der Waals surface area (Å²) in [6.45, 7) is -0.117. The van der Waals surface area contributed by atoms with Gasteiger partial charge in [-0.25, -0.2) is 4.79 Å². The smallest absolute Gasteiger partial charge is 0.375 e. The number of carbonyl (C=O) groups is 1. The molecule has 2 heterocycles. The molecule has 6 nitrogen and oxygen atoms in total. The topological polar surface area (TPSA) is 78.4 Å². The quantitative estimate of drug-likeness (QED) is 0.449. The van der Waals surface area contributed by atoms with Gasteiger partial charge >= 0.3 is 5.97 Å². The van der Waals surface area contributed by atoms with Crippen LogP contribution in [0, 0.1) is 0 Å². The van der Waals surface area contributed by atoms with Crippen LogP contribution in [0.1, 0.15) is 22.0 Å². The number of nitrogens with zero attached hydrogens (tertiary/aromatic N) is 2. The monoisotopic (exact) mass is 380 g/mol. The van der Waals surface area contributed by atoms with E-state index in [1.807, 2.05) is 60.9 Å². The van der Waals surface area contributed by atoms with Crippen molar-refractivity contribution in [1.82, 2.24) is 10.2 Å². The number of rotatable bonds is 6. The molecule has 27 heavy (non-hydrogen) atoms. The van der Waals surface area contributed by atoms with Gasteiger partial charge in [0.2, 0.25) is 11.7 Å². The molecular weight excluding hydrogens is 364 g/mol. The summed E-state index contributed by atoms with van der Waals surface area (Å²) in [5.41, 5.74) is 2.30. The van der Waals surface area contributed by atoms with Crippen LogP contribution in [-0.4, -0.2) is 22.4 Å². The standard InChI is InChI=1S/C20H16N2O4S/c1-27-12-15-14-9-5-6-10-16(14)25-18(15)20(23)24-11-17-21-22-19(26-17)13-7-3-2-4-8-13/h2-10H,11-12H2,1H3. The van der Waals surface area contributed by atoms with E-state index in [0.717, 1.165) is 16.5 Å². The van der Waals surface area contributed by atoms with E-state index in [1.165, 1.54) is 0 Å². The minimum Gasteiger partial charge on any atom is -0.450 e. The molecule has 0 radical (unpaired) electrons. The van der Waals surface area contributed by atoms with Crippen molar-refractivity contribution in [2.75, 3.05) is 6.26 Å². The summed E-state index contributed by atoms with van der Waals surface area (Å²) in [7, 11) is 0. The van der Waals surface area contributed by atoms with Crippen molar-refractivity contribution in [2.24, 2.45) is 0 Å². The number of hydrogen-bond acceptors (Lipinski definition) is 7. The highest BCUT2D eigenvalue weighted by atomic mass is 32.2. The highest BCUT2D eigenvalue weighted by Gasteiger charge is 2.22. The highest BCUT2D eigenvalue weighted by molar-refractivity contribution is 7.97. The molecule has 0 fully saturated rings. The first-order valence-corrected chi connectivity index (χ1v) is 9.70. The third kappa shape index (κ3) is 3.59. The molecule has 0 spiro atoms. The lowest BCUT2D eigenvalue weighted by Gasteiger charge is -2.02. The van der Waals surface area contributed by atoms with Crippen LogP contribution in [0.5, 0.6) is 0 Å². The second kappa shape index (κ2) is 7.67. The summed E-state index contributed by atoms with van der Waals surface area (Å²) >= 11 is 1.61. The number of aromatic nitrogens is 2. The van der Waals surface area contributed by atoms with E-state index in [9.17, 15) is 4.79 Å². The van der Waals surface area contributed by atoms with Gasteiger partial charge in [0.1, 0.15) is 5.58 Å². The summed E-state index contributed by atoms with van der Waals surface area (Å²) in [6, 6.07) is 17.0. The zero-order valence-electron chi connectivity index (χ0n) is 14.5. The van der Waals surface area contributed by atoms with E-state index < -0.39 is 5.97 Å².